The summed E-state index contributed by atoms with van der Waals surface area (Å²) in [6.07, 6.45) is 0. The number of benzene rings is 2. The van der Waals surface area contributed by atoms with Crippen LogP contribution in [0.4, 0.5) is 5.69 Å². The Morgan fingerprint density at radius 3 is 2.39 bits per heavy atom. The van der Waals surface area contributed by atoms with Gasteiger partial charge >= 0.3 is 0 Å². The van der Waals surface area contributed by atoms with E-state index in [0.29, 0.717) is 16.5 Å². The van der Waals surface area contributed by atoms with Crippen molar-refractivity contribution in [3.63, 3.8) is 0 Å². The quantitative estimate of drug-likeness (QED) is 0.780. The number of halogens is 1. The number of carbonyl (C=O) groups is 1. The van der Waals surface area contributed by atoms with Gasteiger partial charge in [-0.3, -0.25) is 4.79 Å². The first-order valence-corrected chi connectivity index (χ1v) is 8.24. The van der Waals surface area contributed by atoms with E-state index in [1.807, 2.05) is 31.2 Å². The molecule has 2 aromatic rings. The number of hydrogen-bond acceptors (Lipinski definition) is 4. The Morgan fingerprint density at radius 1 is 1.13 bits per heavy atom. The normalized spacial score (nSPS) is 11.7. The average Bonchev–Trinajstić information content (AvgIpc) is 2.55. The third-order valence-electron chi connectivity index (χ3n) is 3.16. The molecule has 0 heterocycles. The van der Waals surface area contributed by atoms with Crippen LogP contribution in [0.2, 0.25) is 5.02 Å². The third kappa shape index (κ3) is 4.81. The third-order valence-corrected chi connectivity index (χ3v) is 4.57. The zero-order chi connectivity index (χ0) is 16.8. The van der Waals surface area contributed by atoms with Gasteiger partial charge in [-0.1, -0.05) is 11.6 Å². The molecule has 4 nitrogen and oxygen atoms in total. The van der Waals surface area contributed by atoms with Gasteiger partial charge in [0.15, 0.2) is 0 Å². The minimum Gasteiger partial charge on any atom is -0.497 e. The lowest BCUT2D eigenvalue weighted by Gasteiger charge is -2.13. The van der Waals surface area contributed by atoms with Gasteiger partial charge in [0.05, 0.1) is 24.5 Å². The fourth-order valence-corrected chi connectivity index (χ4v) is 3.03. The number of rotatable bonds is 6. The summed E-state index contributed by atoms with van der Waals surface area (Å²) in [5.41, 5.74) is 0.642. The monoisotopic (exact) mass is 351 g/mol. The molecule has 0 aromatic heterocycles. The molecule has 0 radical (unpaired) electrons. The van der Waals surface area contributed by atoms with Crippen molar-refractivity contribution < 1.29 is 14.3 Å². The highest BCUT2D eigenvalue weighted by atomic mass is 35.5. The van der Waals surface area contributed by atoms with Crippen molar-refractivity contribution in [2.24, 2.45) is 0 Å². The zero-order valence-electron chi connectivity index (χ0n) is 13.1. The molecule has 2 rings (SSSR count). The van der Waals surface area contributed by atoms with Crippen LogP contribution in [-0.4, -0.2) is 25.4 Å². The van der Waals surface area contributed by atoms with E-state index in [1.165, 1.54) is 11.8 Å². The maximum Gasteiger partial charge on any atom is 0.237 e. The molecule has 0 aliphatic carbocycles. The highest BCUT2D eigenvalue weighted by molar-refractivity contribution is 8.00. The molecule has 0 spiro atoms. The fourth-order valence-electron chi connectivity index (χ4n) is 1.90. The smallest absolute Gasteiger partial charge is 0.237 e. The molecule has 23 heavy (non-hydrogen) atoms. The van der Waals surface area contributed by atoms with Crippen molar-refractivity contribution >= 4 is 35.0 Å². The first-order valence-electron chi connectivity index (χ1n) is 6.98. The molecule has 0 fully saturated rings. The standard InChI is InChI=1S/C17H18ClNO3S/c1-11(23-14-7-5-13(21-2)6-8-14)17(20)19-12-4-9-16(22-3)15(18)10-12/h4-11H,1-3H3,(H,19,20)/t11-/m0/s1. The predicted molar refractivity (Wildman–Crippen MR) is 94.9 cm³/mol. The number of carbonyl (C=O) groups excluding carboxylic acids is 1. The van der Waals surface area contributed by atoms with E-state index < -0.39 is 0 Å². The van der Waals surface area contributed by atoms with E-state index in [9.17, 15) is 4.79 Å². The molecule has 0 aliphatic heterocycles. The molecular weight excluding hydrogens is 334 g/mol. The number of ether oxygens (including phenoxy) is 2. The molecular formula is C17H18ClNO3S. The molecule has 1 N–H and O–H groups in total. The van der Waals surface area contributed by atoms with Gasteiger partial charge in [0.1, 0.15) is 11.5 Å². The molecule has 6 heteroatoms. The summed E-state index contributed by atoms with van der Waals surface area (Å²) in [6.45, 7) is 1.86. The van der Waals surface area contributed by atoms with Crippen molar-refractivity contribution in [2.75, 3.05) is 19.5 Å². The van der Waals surface area contributed by atoms with E-state index >= 15 is 0 Å². The Kier molecular flexibility index (Phi) is 6.19. The summed E-state index contributed by atoms with van der Waals surface area (Å²) >= 11 is 7.53. The number of methoxy groups -OCH3 is 2. The van der Waals surface area contributed by atoms with Crippen molar-refractivity contribution in [3.8, 4) is 11.5 Å². The number of anilines is 1. The largest absolute Gasteiger partial charge is 0.497 e. The maximum atomic E-state index is 12.3. The summed E-state index contributed by atoms with van der Waals surface area (Å²) in [4.78, 5) is 13.3. The molecule has 0 saturated heterocycles. The van der Waals surface area contributed by atoms with Gasteiger partial charge in [-0.15, -0.1) is 11.8 Å². The van der Waals surface area contributed by atoms with Crippen molar-refractivity contribution in [3.05, 3.63) is 47.5 Å². The van der Waals surface area contributed by atoms with Crippen molar-refractivity contribution in [2.45, 2.75) is 17.1 Å². The van der Waals surface area contributed by atoms with Crippen LogP contribution in [-0.2, 0) is 4.79 Å². The number of thioether (sulfide) groups is 1. The summed E-state index contributed by atoms with van der Waals surface area (Å²) in [6, 6.07) is 12.7. The number of nitrogens with one attached hydrogen (secondary N) is 1. The van der Waals surface area contributed by atoms with E-state index in [-0.39, 0.29) is 11.2 Å². The van der Waals surface area contributed by atoms with Crippen molar-refractivity contribution in [1.29, 1.82) is 0 Å². The minimum atomic E-state index is -0.246. The molecule has 0 aliphatic rings. The molecule has 1 amide bonds. The Labute approximate surface area is 145 Å². The van der Waals surface area contributed by atoms with Crippen LogP contribution in [0.15, 0.2) is 47.4 Å². The van der Waals surface area contributed by atoms with Gasteiger partial charge in [-0.2, -0.15) is 0 Å². The first kappa shape index (κ1) is 17.5. The van der Waals surface area contributed by atoms with Gasteiger partial charge in [-0.05, 0) is 49.4 Å². The second kappa shape index (κ2) is 8.13. The van der Waals surface area contributed by atoms with E-state index in [2.05, 4.69) is 5.32 Å². The van der Waals surface area contributed by atoms with Crippen molar-refractivity contribution in [1.82, 2.24) is 0 Å². The van der Waals surface area contributed by atoms with E-state index in [1.54, 1.807) is 32.4 Å². The van der Waals surface area contributed by atoms with Crippen LogP contribution in [0, 0.1) is 0 Å². The van der Waals surface area contributed by atoms with Crippen LogP contribution >= 0.6 is 23.4 Å². The van der Waals surface area contributed by atoms with E-state index in [0.717, 1.165) is 10.6 Å². The molecule has 1 atom stereocenters. The minimum absolute atomic E-state index is 0.0907. The summed E-state index contributed by atoms with van der Waals surface area (Å²) in [7, 11) is 3.17. The lowest BCUT2D eigenvalue weighted by atomic mass is 10.3. The lowest BCUT2D eigenvalue weighted by molar-refractivity contribution is -0.115. The average molecular weight is 352 g/mol. The molecule has 2 aromatic carbocycles. The van der Waals surface area contributed by atoms with Crippen LogP contribution in [0.1, 0.15) is 6.92 Å². The second-order valence-corrected chi connectivity index (χ2v) is 6.60. The molecule has 0 unspecified atom stereocenters. The number of amides is 1. The molecule has 0 saturated carbocycles. The Morgan fingerprint density at radius 2 is 1.83 bits per heavy atom. The van der Waals surface area contributed by atoms with Gasteiger partial charge in [0.25, 0.3) is 0 Å². The Hall–Kier alpha value is -1.85. The van der Waals surface area contributed by atoms with E-state index in [4.69, 9.17) is 21.1 Å². The van der Waals surface area contributed by atoms with Gasteiger partial charge in [0.2, 0.25) is 5.91 Å². The molecule has 122 valence electrons. The highest BCUT2D eigenvalue weighted by Crippen LogP contribution is 2.29. The summed E-state index contributed by atoms with van der Waals surface area (Å²) in [5.74, 6) is 1.27. The first-order chi connectivity index (χ1) is 11.0. The predicted octanol–water partition coefficient (Wildman–Crippen LogP) is 4.48. The fraction of sp³-hybridized carbons (Fsp3) is 0.235. The van der Waals surface area contributed by atoms with Gasteiger partial charge < -0.3 is 14.8 Å². The topological polar surface area (TPSA) is 47.6 Å². The molecule has 0 bridgehead atoms. The highest BCUT2D eigenvalue weighted by Gasteiger charge is 2.15. The summed E-state index contributed by atoms with van der Waals surface area (Å²) in [5, 5.41) is 3.07. The summed E-state index contributed by atoms with van der Waals surface area (Å²) < 4.78 is 10.2. The zero-order valence-corrected chi connectivity index (χ0v) is 14.7. The Balaban J connectivity index is 1.97. The van der Waals surface area contributed by atoms with Crippen LogP contribution in [0.5, 0.6) is 11.5 Å². The van der Waals surface area contributed by atoms with Gasteiger partial charge in [-0.25, -0.2) is 0 Å². The second-order valence-electron chi connectivity index (χ2n) is 4.77. The van der Waals surface area contributed by atoms with Crippen LogP contribution < -0.4 is 14.8 Å². The Bertz CT molecular complexity index is 676. The van der Waals surface area contributed by atoms with Crippen LogP contribution in [0.3, 0.4) is 0 Å². The van der Waals surface area contributed by atoms with Crippen LogP contribution in [0.25, 0.3) is 0 Å². The van der Waals surface area contributed by atoms with Gasteiger partial charge in [0, 0.05) is 10.6 Å². The lowest BCUT2D eigenvalue weighted by Crippen LogP contribution is -2.22. The SMILES string of the molecule is COc1ccc(S[C@@H](C)C(=O)Nc2ccc(OC)c(Cl)c2)cc1. The maximum absolute atomic E-state index is 12.3. The number of hydrogen-bond donors (Lipinski definition) is 1.